The molecule has 1 aliphatic rings. The molecule has 0 aliphatic carbocycles. The van der Waals surface area contributed by atoms with Gasteiger partial charge in [0, 0.05) is 13.1 Å². The van der Waals surface area contributed by atoms with Gasteiger partial charge in [0.25, 0.3) is 0 Å². The predicted octanol–water partition coefficient (Wildman–Crippen LogP) is 3.25. The lowest BCUT2D eigenvalue weighted by atomic mass is 9.87. The number of fused-ring (bicyclic) bond motifs is 1. The molecule has 0 unspecified atom stereocenters. The molecular weight excluding hydrogens is 366 g/mol. The number of hydrogen-bond donors (Lipinski definition) is 0. The van der Waals surface area contributed by atoms with Crippen LogP contribution >= 0.6 is 0 Å². The third kappa shape index (κ3) is 3.82. The highest BCUT2D eigenvalue weighted by Gasteiger charge is 2.31. The number of tetrazole rings is 1. The van der Waals surface area contributed by atoms with E-state index in [1.165, 1.54) is 16.7 Å². The molecule has 7 nitrogen and oxygen atoms in total. The van der Waals surface area contributed by atoms with E-state index in [0.717, 1.165) is 43.3 Å². The largest absolute Gasteiger partial charge is 0.493 e. The van der Waals surface area contributed by atoms with Crippen LogP contribution in [0.25, 0.3) is 0 Å². The van der Waals surface area contributed by atoms with Crippen molar-refractivity contribution in [3.63, 3.8) is 0 Å². The zero-order valence-electron chi connectivity index (χ0n) is 17.2. The SMILES string of the molecule is CCCn1nnnc1CN1CCc2cc(OC)c(OC)cc2[C@@H]1c1ccccc1. The van der Waals surface area contributed by atoms with E-state index < -0.39 is 0 Å². The van der Waals surface area contributed by atoms with E-state index in [4.69, 9.17) is 9.47 Å². The molecule has 3 aromatic rings. The van der Waals surface area contributed by atoms with E-state index in [0.29, 0.717) is 6.54 Å². The Morgan fingerprint density at radius 1 is 1.07 bits per heavy atom. The summed E-state index contributed by atoms with van der Waals surface area (Å²) in [6, 6.07) is 14.9. The van der Waals surface area contributed by atoms with Gasteiger partial charge in [0.1, 0.15) is 0 Å². The maximum Gasteiger partial charge on any atom is 0.165 e. The first-order valence-corrected chi connectivity index (χ1v) is 10.0. The molecule has 0 N–H and O–H groups in total. The van der Waals surface area contributed by atoms with Crippen LogP contribution in [0.4, 0.5) is 0 Å². The van der Waals surface area contributed by atoms with Crippen LogP contribution in [-0.4, -0.2) is 45.9 Å². The van der Waals surface area contributed by atoms with Gasteiger partial charge in [-0.1, -0.05) is 37.3 Å². The lowest BCUT2D eigenvalue weighted by molar-refractivity contribution is 0.194. The van der Waals surface area contributed by atoms with E-state index in [9.17, 15) is 0 Å². The summed E-state index contributed by atoms with van der Waals surface area (Å²) >= 11 is 0. The zero-order valence-corrected chi connectivity index (χ0v) is 17.2. The molecule has 1 aliphatic heterocycles. The second-order valence-electron chi connectivity index (χ2n) is 7.26. The Hall–Kier alpha value is -2.93. The highest BCUT2D eigenvalue weighted by atomic mass is 16.5. The van der Waals surface area contributed by atoms with Crippen molar-refractivity contribution < 1.29 is 9.47 Å². The van der Waals surface area contributed by atoms with E-state index >= 15 is 0 Å². The van der Waals surface area contributed by atoms with Crippen LogP contribution in [-0.2, 0) is 19.5 Å². The van der Waals surface area contributed by atoms with Crippen molar-refractivity contribution in [1.82, 2.24) is 25.1 Å². The third-order valence-corrected chi connectivity index (χ3v) is 5.47. The van der Waals surface area contributed by atoms with Gasteiger partial charge in [0.2, 0.25) is 0 Å². The van der Waals surface area contributed by atoms with Crippen LogP contribution in [0.15, 0.2) is 42.5 Å². The van der Waals surface area contributed by atoms with Crippen LogP contribution in [0.3, 0.4) is 0 Å². The summed E-state index contributed by atoms with van der Waals surface area (Å²) in [7, 11) is 3.36. The van der Waals surface area contributed by atoms with Gasteiger partial charge in [0.05, 0.1) is 26.8 Å². The number of rotatable bonds is 7. The van der Waals surface area contributed by atoms with Crippen molar-refractivity contribution in [1.29, 1.82) is 0 Å². The van der Waals surface area contributed by atoms with E-state index in [1.54, 1.807) is 14.2 Å². The topological polar surface area (TPSA) is 65.3 Å². The minimum Gasteiger partial charge on any atom is -0.493 e. The molecule has 0 radical (unpaired) electrons. The molecule has 4 rings (SSSR count). The number of hydrogen-bond acceptors (Lipinski definition) is 6. The Morgan fingerprint density at radius 3 is 2.55 bits per heavy atom. The molecule has 1 atom stereocenters. The summed E-state index contributed by atoms with van der Waals surface area (Å²) in [6.07, 6.45) is 1.94. The minimum absolute atomic E-state index is 0.103. The molecule has 152 valence electrons. The summed E-state index contributed by atoms with van der Waals surface area (Å²) < 4.78 is 13.0. The first-order valence-electron chi connectivity index (χ1n) is 10.0. The first kappa shape index (κ1) is 19.4. The second kappa shape index (κ2) is 8.61. The van der Waals surface area contributed by atoms with Crippen molar-refractivity contribution >= 4 is 0 Å². The van der Waals surface area contributed by atoms with Gasteiger partial charge < -0.3 is 9.47 Å². The fourth-order valence-corrected chi connectivity index (χ4v) is 4.10. The Labute approximate surface area is 171 Å². The van der Waals surface area contributed by atoms with Gasteiger partial charge in [-0.25, -0.2) is 4.68 Å². The Balaban J connectivity index is 1.76. The van der Waals surface area contributed by atoms with E-state index in [-0.39, 0.29) is 6.04 Å². The number of ether oxygens (including phenoxy) is 2. The molecule has 0 saturated carbocycles. The number of benzene rings is 2. The quantitative estimate of drug-likeness (QED) is 0.614. The van der Waals surface area contributed by atoms with Gasteiger partial charge in [-0.3, -0.25) is 4.90 Å². The Bertz CT molecular complexity index is 957. The fraction of sp³-hybridized carbons (Fsp3) is 0.409. The highest BCUT2D eigenvalue weighted by molar-refractivity contribution is 5.51. The first-order chi connectivity index (χ1) is 14.2. The van der Waals surface area contributed by atoms with Crippen LogP contribution in [0.1, 0.15) is 41.9 Å². The van der Waals surface area contributed by atoms with Crippen LogP contribution in [0.2, 0.25) is 0 Å². The Morgan fingerprint density at radius 2 is 1.83 bits per heavy atom. The molecule has 0 bridgehead atoms. The summed E-state index contributed by atoms with van der Waals surface area (Å²) in [5.74, 6) is 2.43. The Kier molecular flexibility index (Phi) is 5.76. The molecule has 29 heavy (non-hydrogen) atoms. The summed E-state index contributed by atoms with van der Waals surface area (Å²) in [6.45, 7) is 4.57. The van der Waals surface area contributed by atoms with Crippen LogP contribution in [0.5, 0.6) is 11.5 Å². The van der Waals surface area contributed by atoms with Crippen molar-refractivity contribution in [2.45, 2.75) is 38.9 Å². The normalized spacial score (nSPS) is 16.4. The lowest BCUT2D eigenvalue weighted by Gasteiger charge is -2.37. The molecule has 0 spiro atoms. The maximum atomic E-state index is 5.60. The standard InChI is InChI=1S/C22H27N5O2/c1-4-11-27-21(23-24-25-27)15-26-12-10-17-13-19(28-2)20(29-3)14-18(17)22(26)16-8-6-5-7-9-16/h5-9,13-14,22H,4,10-12,15H2,1-3H3/t22-/m0/s1. The fourth-order valence-electron chi connectivity index (χ4n) is 4.10. The monoisotopic (exact) mass is 393 g/mol. The van der Waals surface area contributed by atoms with E-state index in [2.05, 4.69) is 63.7 Å². The van der Waals surface area contributed by atoms with Gasteiger partial charge in [-0.2, -0.15) is 0 Å². The van der Waals surface area contributed by atoms with Crippen molar-refractivity contribution in [3.05, 3.63) is 65.0 Å². The molecule has 0 saturated heterocycles. The van der Waals surface area contributed by atoms with Crippen molar-refractivity contribution in [3.8, 4) is 11.5 Å². The number of methoxy groups -OCH3 is 2. The third-order valence-electron chi connectivity index (χ3n) is 5.47. The second-order valence-corrected chi connectivity index (χ2v) is 7.26. The lowest BCUT2D eigenvalue weighted by Crippen LogP contribution is -2.36. The molecule has 2 heterocycles. The summed E-state index contributed by atoms with van der Waals surface area (Å²) in [5.41, 5.74) is 3.78. The molecule has 1 aromatic heterocycles. The van der Waals surface area contributed by atoms with Crippen molar-refractivity contribution in [2.75, 3.05) is 20.8 Å². The summed E-state index contributed by atoms with van der Waals surface area (Å²) in [5, 5.41) is 12.3. The molecule has 2 aromatic carbocycles. The predicted molar refractivity (Wildman–Crippen MR) is 110 cm³/mol. The minimum atomic E-state index is 0.103. The molecule has 0 amide bonds. The number of aromatic nitrogens is 4. The molecular formula is C22H27N5O2. The van der Waals surface area contributed by atoms with Crippen molar-refractivity contribution in [2.24, 2.45) is 0 Å². The summed E-state index contributed by atoms with van der Waals surface area (Å²) in [4.78, 5) is 2.45. The van der Waals surface area contributed by atoms with Gasteiger partial charge in [0.15, 0.2) is 17.3 Å². The van der Waals surface area contributed by atoms with E-state index in [1.807, 2.05) is 10.7 Å². The van der Waals surface area contributed by atoms with Gasteiger partial charge >= 0.3 is 0 Å². The maximum absolute atomic E-state index is 5.60. The number of nitrogens with zero attached hydrogens (tertiary/aromatic N) is 5. The average Bonchev–Trinajstić information content (AvgIpc) is 3.20. The molecule has 0 fully saturated rings. The smallest absolute Gasteiger partial charge is 0.165 e. The molecule has 7 heteroatoms. The highest BCUT2D eigenvalue weighted by Crippen LogP contribution is 2.41. The van der Waals surface area contributed by atoms with Crippen LogP contribution < -0.4 is 9.47 Å². The van der Waals surface area contributed by atoms with Gasteiger partial charge in [-0.05, 0) is 52.1 Å². The average molecular weight is 393 g/mol. The van der Waals surface area contributed by atoms with Crippen LogP contribution in [0, 0.1) is 0 Å². The van der Waals surface area contributed by atoms with Gasteiger partial charge in [-0.15, -0.1) is 5.10 Å². The number of aryl methyl sites for hydroxylation is 1. The zero-order chi connectivity index (χ0) is 20.2.